The molecule has 3 rings (SSSR count). The number of halogens is 1. The first-order chi connectivity index (χ1) is 7.36. The van der Waals surface area contributed by atoms with Crippen LogP contribution in [0.3, 0.4) is 0 Å². The summed E-state index contributed by atoms with van der Waals surface area (Å²) in [5.41, 5.74) is 2.68. The molecule has 0 N–H and O–H groups in total. The Kier molecular flexibility index (Phi) is 3.19. The molecule has 2 heteroatoms. The molecule has 1 nitrogen and oxygen atoms in total. The molecule has 0 aliphatic carbocycles. The predicted molar refractivity (Wildman–Crippen MR) is 81.7 cm³/mol. The van der Waals surface area contributed by atoms with Crippen molar-refractivity contribution in [3.05, 3.63) is 48.0 Å². The van der Waals surface area contributed by atoms with Gasteiger partial charge in [0.25, 0.3) is 0 Å². The summed E-state index contributed by atoms with van der Waals surface area (Å²) in [5, 5.41) is 2.67. The van der Waals surface area contributed by atoms with Crippen LogP contribution in [0.15, 0.2) is 42.5 Å². The standard InChI is InChI=1S/C14H13N.HI/c1-15-10-4-6-12-9-8-11-5-2-3-7-13(11)14(12)15;/h2-9H,10H2,1H3;1H. The van der Waals surface area contributed by atoms with Crippen LogP contribution < -0.4 is 4.90 Å². The Hall–Kier alpha value is -1.03. The highest BCUT2D eigenvalue weighted by Gasteiger charge is 2.11. The lowest BCUT2D eigenvalue weighted by atomic mass is 10.0. The number of benzene rings is 2. The van der Waals surface area contributed by atoms with Crippen LogP contribution in [-0.4, -0.2) is 13.6 Å². The molecule has 0 saturated carbocycles. The molecule has 0 saturated heterocycles. The fraction of sp³-hybridized carbons (Fsp3) is 0.143. The Morgan fingerprint density at radius 1 is 1.06 bits per heavy atom. The molecule has 2 aromatic carbocycles. The van der Waals surface area contributed by atoms with E-state index in [1.165, 1.54) is 22.0 Å². The van der Waals surface area contributed by atoms with E-state index in [0.29, 0.717) is 0 Å². The number of nitrogens with zero attached hydrogens (tertiary/aromatic N) is 1. The van der Waals surface area contributed by atoms with Gasteiger partial charge in [-0.1, -0.05) is 48.6 Å². The van der Waals surface area contributed by atoms with E-state index in [0.717, 1.165) is 6.54 Å². The first-order valence-corrected chi connectivity index (χ1v) is 5.26. The second kappa shape index (κ2) is 4.45. The Morgan fingerprint density at radius 3 is 2.75 bits per heavy atom. The highest BCUT2D eigenvalue weighted by Crippen LogP contribution is 2.32. The average Bonchev–Trinajstić information content (AvgIpc) is 2.29. The maximum absolute atomic E-state index is 2.30. The van der Waals surface area contributed by atoms with Crippen LogP contribution in [0, 0.1) is 0 Å². The number of likely N-dealkylation sites (N-methyl/N-ethyl adjacent to an activating group) is 1. The minimum atomic E-state index is 0. The van der Waals surface area contributed by atoms with Gasteiger partial charge in [0.2, 0.25) is 0 Å². The monoisotopic (exact) mass is 323 g/mol. The third-order valence-corrected chi connectivity index (χ3v) is 2.99. The fourth-order valence-corrected chi connectivity index (χ4v) is 2.26. The summed E-state index contributed by atoms with van der Waals surface area (Å²) in [7, 11) is 2.15. The van der Waals surface area contributed by atoms with Gasteiger partial charge in [-0.25, -0.2) is 0 Å². The van der Waals surface area contributed by atoms with E-state index < -0.39 is 0 Å². The molecule has 0 aromatic heterocycles. The zero-order valence-electron chi connectivity index (χ0n) is 9.18. The molecule has 1 heterocycles. The van der Waals surface area contributed by atoms with Gasteiger partial charge in [-0.3, -0.25) is 0 Å². The first kappa shape index (κ1) is 11.5. The SMILES string of the molecule is CN1CC=Cc2ccc3ccccc3c21.I. The van der Waals surface area contributed by atoms with Crippen LogP contribution >= 0.6 is 24.0 Å². The zero-order chi connectivity index (χ0) is 10.3. The molecule has 0 atom stereocenters. The van der Waals surface area contributed by atoms with E-state index in [1.807, 2.05) is 0 Å². The highest BCUT2D eigenvalue weighted by atomic mass is 127. The van der Waals surface area contributed by atoms with Crippen molar-refractivity contribution < 1.29 is 0 Å². The van der Waals surface area contributed by atoms with Crippen LogP contribution in [0.5, 0.6) is 0 Å². The molecule has 1 aliphatic rings. The van der Waals surface area contributed by atoms with Crippen LogP contribution in [0.25, 0.3) is 16.8 Å². The van der Waals surface area contributed by atoms with Crippen molar-refractivity contribution in [3.63, 3.8) is 0 Å². The van der Waals surface area contributed by atoms with Gasteiger partial charge in [-0.05, 0) is 10.9 Å². The predicted octanol–water partition coefficient (Wildman–Crippen LogP) is 3.92. The van der Waals surface area contributed by atoms with Gasteiger partial charge in [0.15, 0.2) is 0 Å². The molecule has 2 aromatic rings. The molecule has 0 spiro atoms. The van der Waals surface area contributed by atoms with Gasteiger partial charge in [0, 0.05) is 19.0 Å². The summed E-state index contributed by atoms with van der Waals surface area (Å²) < 4.78 is 0. The zero-order valence-corrected chi connectivity index (χ0v) is 11.5. The van der Waals surface area contributed by atoms with E-state index in [-0.39, 0.29) is 24.0 Å². The quantitative estimate of drug-likeness (QED) is 0.664. The summed E-state index contributed by atoms with van der Waals surface area (Å²) in [6.07, 6.45) is 4.42. The van der Waals surface area contributed by atoms with Gasteiger partial charge in [0.05, 0.1) is 5.69 Å². The van der Waals surface area contributed by atoms with Crippen molar-refractivity contribution in [2.45, 2.75) is 0 Å². The maximum Gasteiger partial charge on any atom is 0.0519 e. The normalized spacial score (nSPS) is 13.4. The molecule has 0 bridgehead atoms. The largest absolute Gasteiger partial charge is 0.370 e. The fourth-order valence-electron chi connectivity index (χ4n) is 2.26. The number of anilines is 1. The van der Waals surface area contributed by atoms with Crippen LogP contribution in [-0.2, 0) is 0 Å². The second-order valence-electron chi connectivity index (χ2n) is 4.01. The number of hydrogen-bond donors (Lipinski definition) is 0. The Balaban J connectivity index is 0.000000963. The van der Waals surface area contributed by atoms with E-state index in [2.05, 4.69) is 60.5 Å². The lowest BCUT2D eigenvalue weighted by molar-refractivity contribution is 1.03. The second-order valence-corrected chi connectivity index (χ2v) is 4.01. The summed E-state index contributed by atoms with van der Waals surface area (Å²) in [6.45, 7) is 1.00. The molecule has 16 heavy (non-hydrogen) atoms. The Bertz CT molecular complexity index is 545. The van der Waals surface area contributed by atoms with Gasteiger partial charge in [-0.2, -0.15) is 0 Å². The molecule has 0 unspecified atom stereocenters. The van der Waals surface area contributed by atoms with Crippen LogP contribution in [0.4, 0.5) is 5.69 Å². The highest BCUT2D eigenvalue weighted by molar-refractivity contribution is 14.0. The Labute approximate surface area is 113 Å². The van der Waals surface area contributed by atoms with Crippen molar-refractivity contribution in [2.24, 2.45) is 0 Å². The van der Waals surface area contributed by atoms with Crippen molar-refractivity contribution in [1.29, 1.82) is 0 Å². The van der Waals surface area contributed by atoms with Crippen molar-refractivity contribution >= 4 is 46.5 Å². The van der Waals surface area contributed by atoms with Gasteiger partial charge in [0.1, 0.15) is 0 Å². The molecular weight excluding hydrogens is 309 g/mol. The van der Waals surface area contributed by atoms with Crippen molar-refractivity contribution in [1.82, 2.24) is 0 Å². The Morgan fingerprint density at radius 2 is 1.88 bits per heavy atom. The van der Waals surface area contributed by atoms with Gasteiger partial charge < -0.3 is 4.90 Å². The first-order valence-electron chi connectivity index (χ1n) is 5.26. The number of rotatable bonds is 0. The minimum absolute atomic E-state index is 0. The van der Waals surface area contributed by atoms with Gasteiger partial charge in [-0.15, -0.1) is 24.0 Å². The maximum atomic E-state index is 2.30. The van der Waals surface area contributed by atoms with E-state index in [1.54, 1.807) is 0 Å². The summed E-state index contributed by atoms with van der Waals surface area (Å²) >= 11 is 0. The summed E-state index contributed by atoms with van der Waals surface area (Å²) in [4.78, 5) is 2.30. The van der Waals surface area contributed by atoms with Crippen molar-refractivity contribution in [3.8, 4) is 0 Å². The third-order valence-electron chi connectivity index (χ3n) is 2.99. The molecule has 0 amide bonds. The molecule has 82 valence electrons. The molecular formula is C14H14IN. The van der Waals surface area contributed by atoms with E-state index >= 15 is 0 Å². The number of fused-ring (bicyclic) bond motifs is 3. The average molecular weight is 323 g/mol. The lowest BCUT2D eigenvalue weighted by Gasteiger charge is -2.25. The molecule has 0 radical (unpaired) electrons. The number of hydrogen-bond acceptors (Lipinski definition) is 1. The van der Waals surface area contributed by atoms with E-state index in [4.69, 9.17) is 0 Å². The van der Waals surface area contributed by atoms with Crippen LogP contribution in [0.2, 0.25) is 0 Å². The summed E-state index contributed by atoms with van der Waals surface area (Å²) in [5.74, 6) is 0. The lowest BCUT2D eigenvalue weighted by Crippen LogP contribution is -2.20. The molecule has 0 fully saturated rings. The van der Waals surface area contributed by atoms with Crippen molar-refractivity contribution in [2.75, 3.05) is 18.5 Å². The smallest absolute Gasteiger partial charge is 0.0519 e. The summed E-state index contributed by atoms with van der Waals surface area (Å²) in [6, 6.07) is 13.0. The van der Waals surface area contributed by atoms with Crippen LogP contribution in [0.1, 0.15) is 5.56 Å². The topological polar surface area (TPSA) is 3.24 Å². The minimum Gasteiger partial charge on any atom is -0.370 e. The van der Waals surface area contributed by atoms with E-state index in [9.17, 15) is 0 Å². The third kappa shape index (κ3) is 1.71. The molecule has 1 aliphatic heterocycles. The van der Waals surface area contributed by atoms with Gasteiger partial charge >= 0.3 is 0 Å².